The van der Waals surface area contributed by atoms with Crippen molar-refractivity contribution in [2.24, 2.45) is 23.7 Å². The van der Waals surface area contributed by atoms with E-state index in [-0.39, 0.29) is 30.2 Å². The van der Waals surface area contributed by atoms with Crippen LogP contribution >= 0.6 is 11.3 Å². The fourth-order valence-electron chi connectivity index (χ4n) is 5.35. The predicted molar refractivity (Wildman–Crippen MR) is 133 cm³/mol. The summed E-state index contributed by atoms with van der Waals surface area (Å²) in [6.45, 7) is 2.12. The zero-order valence-electron chi connectivity index (χ0n) is 19.2. The van der Waals surface area contributed by atoms with Gasteiger partial charge in [-0.1, -0.05) is 42.5 Å². The lowest BCUT2D eigenvalue weighted by Crippen LogP contribution is -2.47. The normalized spacial score (nSPS) is 22.7. The summed E-state index contributed by atoms with van der Waals surface area (Å²) in [7, 11) is 0. The molecule has 0 spiro atoms. The SMILES string of the molecule is Cc1sc(NC(=O)[C@H]2[C@@H](C(=O)O)[C@H]3C=C[C@@H]2CC3)c(C(=O)NCc2ccco2)c1-c1ccccc1. The van der Waals surface area contributed by atoms with Gasteiger partial charge in [0, 0.05) is 10.4 Å². The van der Waals surface area contributed by atoms with Crippen molar-refractivity contribution < 1.29 is 23.9 Å². The van der Waals surface area contributed by atoms with Gasteiger partial charge in [-0.05, 0) is 49.3 Å². The molecule has 4 atom stereocenters. The van der Waals surface area contributed by atoms with E-state index in [1.165, 1.54) is 11.3 Å². The number of fused-ring (bicyclic) bond motifs is 2. The second kappa shape index (κ2) is 9.54. The monoisotopic (exact) mass is 490 g/mol. The highest BCUT2D eigenvalue weighted by Gasteiger charge is 2.48. The largest absolute Gasteiger partial charge is 0.481 e. The molecule has 2 heterocycles. The van der Waals surface area contributed by atoms with E-state index < -0.39 is 17.8 Å². The number of hydrogen-bond donors (Lipinski definition) is 3. The number of hydrogen-bond acceptors (Lipinski definition) is 5. The van der Waals surface area contributed by atoms with Crippen LogP contribution in [0.4, 0.5) is 5.00 Å². The molecule has 3 aliphatic rings. The van der Waals surface area contributed by atoms with Crippen molar-refractivity contribution in [2.45, 2.75) is 26.3 Å². The van der Waals surface area contributed by atoms with Crippen LogP contribution in [0.15, 0.2) is 65.3 Å². The molecule has 3 aliphatic carbocycles. The number of rotatable bonds is 7. The van der Waals surface area contributed by atoms with Gasteiger partial charge in [0.05, 0.1) is 30.2 Å². The highest BCUT2D eigenvalue weighted by atomic mass is 32.1. The van der Waals surface area contributed by atoms with Crippen LogP contribution in [0.2, 0.25) is 0 Å². The van der Waals surface area contributed by atoms with Gasteiger partial charge >= 0.3 is 5.97 Å². The number of anilines is 1. The molecule has 1 aromatic carbocycles. The van der Waals surface area contributed by atoms with Crippen LogP contribution in [0.5, 0.6) is 0 Å². The van der Waals surface area contributed by atoms with Crippen LogP contribution in [-0.4, -0.2) is 22.9 Å². The third kappa shape index (κ3) is 4.41. The molecule has 2 bridgehead atoms. The van der Waals surface area contributed by atoms with Crippen LogP contribution in [0, 0.1) is 30.6 Å². The Labute approximate surface area is 206 Å². The Morgan fingerprint density at radius 3 is 2.37 bits per heavy atom. The first-order chi connectivity index (χ1) is 16.9. The summed E-state index contributed by atoms with van der Waals surface area (Å²) < 4.78 is 5.33. The number of benzene rings is 1. The maximum atomic E-state index is 13.5. The minimum absolute atomic E-state index is 0.119. The molecular weight excluding hydrogens is 464 g/mol. The van der Waals surface area contributed by atoms with Gasteiger partial charge in [-0.25, -0.2) is 0 Å². The molecule has 1 saturated carbocycles. The van der Waals surface area contributed by atoms with E-state index in [9.17, 15) is 19.5 Å². The lowest BCUT2D eigenvalue weighted by atomic mass is 9.62. The van der Waals surface area contributed by atoms with Gasteiger partial charge in [0.25, 0.3) is 5.91 Å². The fraction of sp³-hybridized carbons (Fsp3) is 0.296. The lowest BCUT2D eigenvalue weighted by Gasteiger charge is -2.41. The Balaban J connectivity index is 1.48. The Morgan fingerprint density at radius 2 is 1.74 bits per heavy atom. The number of amides is 2. The van der Waals surface area contributed by atoms with Gasteiger partial charge in [-0.2, -0.15) is 0 Å². The van der Waals surface area contributed by atoms with Gasteiger partial charge < -0.3 is 20.2 Å². The molecule has 7 nitrogen and oxygen atoms in total. The molecule has 180 valence electrons. The quantitative estimate of drug-likeness (QED) is 0.400. The molecule has 35 heavy (non-hydrogen) atoms. The Hall–Kier alpha value is -3.65. The number of carbonyl (C=O) groups is 3. The number of aryl methyl sites for hydroxylation is 1. The number of thiophene rings is 1. The Morgan fingerprint density at radius 1 is 1.03 bits per heavy atom. The first kappa shape index (κ1) is 23.1. The second-order valence-corrected chi connectivity index (χ2v) is 10.3. The van der Waals surface area contributed by atoms with E-state index in [0.29, 0.717) is 16.3 Å². The zero-order chi connectivity index (χ0) is 24.5. The smallest absolute Gasteiger partial charge is 0.307 e. The lowest BCUT2D eigenvalue weighted by molar-refractivity contribution is -0.151. The Kier molecular flexibility index (Phi) is 6.30. The van der Waals surface area contributed by atoms with Gasteiger partial charge in [0.1, 0.15) is 10.8 Å². The maximum absolute atomic E-state index is 13.5. The number of allylic oxidation sites excluding steroid dienone is 2. The van der Waals surface area contributed by atoms with E-state index in [4.69, 9.17) is 4.42 Å². The topological polar surface area (TPSA) is 109 Å². The summed E-state index contributed by atoms with van der Waals surface area (Å²) in [6.07, 6.45) is 7.02. The third-order valence-corrected chi connectivity index (χ3v) is 7.97. The first-order valence-corrected chi connectivity index (χ1v) is 12.5. The molecule has 6 rings (SSSR count). The van der Waals surface area contributed by atoms with Crippen molar-refractivity contribution in [1.82, 2.24) is 5.32 Å². The molecule has 2 aromatic heterocycles. The van der Waals surface area contributed by atoms with Crippen LogP contribution in [0.3, 0.4) is 0 Å². The maximum Gasteiger partial charge on any atom is 0.307 e. The molecule has 0 saturated heterocycles. The summed E-state index contributed by atoms with van der Waals surface area (Å²) in [5.41, 5.74) is 2.00. The minimum Gasteiger partial charge on any atom is -0.481 e. The van der Waals surface area contributed by atoms with Crippen LogP contribution in [-0.2, 0) is 16.1 Å². The number of furan rings is 1. The van der Waals surface area contributed by atoms with Crippen LogP contribution in [0.25, 0.3) is 11.1 Å². The molecule has 3 aromatic rings. The van der Waals surface area contributed by atoms with Gasteiger partial charge in [-0.3, -0.25) is 14.4 Å². The van der Waals surface area contributed by atoms with Gasteiger partial charge in [0.15, 0.2) is 0 Å². The number of aliphatic carboxylic acids is 1. The van der Waals surface area contributed by atoms with Crippen molar-refractivity contribution in [3.63, 3.8) is 0 Å². The van der Waals surface area contributed by atoms with Crippen molar-refractivity contribution in [2.75, 3.05) is 5.32 Å². The van der Waals surface area contributed by atoms with E-state index >= 15 is 0 Å². The minimum atomic E-state index is -0.951. The zero-order valence-corrected chi connectivity index (χ0v) is 20.0. The molecule has 2 amide bonds. The number of carbonyl (C=O) groups excluding carboxylic acids is 2. The molecule has 0 unspecified atom stereocenters. The first-order valence-electron chi connectivity index (χ1n) is 11.7. The molecule has 1 fully saturated rings. The van der Waals surface area contributed by atoms with Crippen molar-refractivity contribution in [1.29, 1.82) is 0 Å². The van der Waals surface area contributed by atoms with Crippen LogP contribution in [0.1, 0.15) is 33.8 Å². The second-order valence-electron chi connectivity index (χ2n) is 9.03. The summed E-state index contributed by atoms with van der Waals surface area (Å²) in [6, 6.07) is 13.1. The number of nitrogens with one attached hydrogen (secondary N) is 2. The van der Waals surface area contributed by atoms with Gasteiger partial charge in [0.2, 0.25) is 5.91 Å². The summed E-state index contributed by atoms with van der Waals surface area (Å²) in [5, 5.41) is 16.1. The molecule has 3 N–H and O–H groups in total. The summed E-state index contributed by atoms with van der Waals surface area (Å²) in [5.74, 6) is -2.71. The molecule has 8 heteroatoms. The average Bonchev–Trinajstić information content (AvgIpc) is 3.50. The van der Waals surface area contributed by atoms with E-state index in [1.54, 1.807) is 18.4 Å². The average molecular weight is 491 g/mol. The van der Waals surface area contributed by atoms with E-state index in [0.717, 1.165) is 28.8 Å². The van der Waals surface area contributed by atoms with Gasteiger partial charge in [-0.15, -0.1) is 11.3 Å². The highest BCUT2D eigenvalue weighted by molar-refractivity contribution is 7.17. The Bertz CT molecular complexity index is 1280. The highest BCUT2D eigenvalue weighted by Crippen LogP contribution is 2.46. The van der Waals surface area contributed by atoms with Crippen molar-refractivity contribution in [3.8, 4) is 11.1 Å². The fourth-order valence-corrected chi connectivity index (χ4v) is 6.43. The van der Waals surface area contributed by atoms with E-state index in [1.807, 2.05) is 49.4 Å². The predicted octanol–water partition coefficient (Wildman–Crippen LogP) is 5.10. The molecule has 0 aliphatic heterocycles. The molecule has 0 radical (unpaired) electrons. The number of carboxylic acids is 1. The summed E-state index contributed by atoms with van der Waals surface area (Å²) >= 11 is 1.33. The van der Waals surface area contributed by atoms with Crippen molar-refractivity contribution in [3.05, 3.63) is 77.1 Å². The van der Waals surface area contributed by atoms with Crippen LogP contribution < -0.4 is 10.6 Å². The van der Waals surface area contributed by atoms with E-state index in [2.05, 4.69) is 10.6 Å². The summed E-state index contributed by atoms with van der Waals surface area (Å²) in [4.78, 5) is 39.9. The standard InChI is InChI=1S/C27H26N2O5S/c1-15-20(16-6-3-2-4-7-16)23(24(30)28-14-19-8-5-13-34-19)26(35-15)29-25(31)21-17-9-11-18(12-10-17)22(21)27(32)33/h2-9,11,13,17-18,21-22H,10,12,14H2,1H3,(H,28,30)(H,29,31)(H,32,33)/t17-,18+,21-,22+/m1/s1. The molecular formula is C27H26N2O5S. The van der Waals surface area contributed by atoms with Crippen molar-refractivity contribution >= 4 is 34.1 Å². The number of carboxylic acid groups (broad SMARTS) is 1. The third-order valence-electron chi connectivity index (χ3n) is 6.95.